The molecule has 5 N–H and O–H groups in total. The summed E-state index contributed by atoms with van der Waals surface area (Å²) in [5, 5.41) is 10.6. The van der Waals surface area contributed by atoms with Gasteiger partial charge in [0.05, 0.1) is 13.7 Å². The SMILES string of the molecule is COC1[C@@H](COP(=O)([O-])OP(=O)([O-])O)O[C@@H]([n+]2cn(C)c3c(=O)[nH]c(N)nc32)[C@H]1O. The first kappa shape index (κ1) is 23.0. The molecule has 1 aliphatic heterocycles. The molecule has 2 aromatic rings. The number of phosphoric acid groups is 2. The lowest BCUT2D eigenvalue weighted by Gasteiger charge is -2.28. The van der Waals surface area contributed by atoms with Crippen LogP contribution in [0.5, 0.6) is 0 Å². The molecule has 0 aliphatic carbocycles. The van der Waals surface area contributed by atoms with E-state index >= 15 is 0 Å². The van der Waals surface area contributed by atoms with Crippen molar-refractivity contribution in [3.05, 3.63) is 16.7 Å². The molecule has 18 heteroatoms. The number of nitrogens with one attached hydrogen (secondary N) is 1. The number of aliphatic hydroxyl groups is 1. The maximum atomic E-state index is 12.1. The third-order valence-electron chi connectivity index (χ3n) is 4.25. The van der Waals surface area contributed by atoms with Gasteiger partial charge in [-0.15, -0.1) is 0 Å². The monoisotopic (exact) mass is 470 g/mol. The molecule has 1 saturated heterocycles. The van der Waals surface area contributed by atoms with Gasteiger partial charge >= 0.3 is 5.65 Å². The molecular weight excluding hydrogens is 452 g/mol. The summed E-state index contributed by atoms with van der Waals surface area (Å²) >= 11 is 0. The van der Waals surface area contributed by atoms with E-state index in [4.69, 9.17) is 20.1 Å². The molecule has 16 nitrogen and oxygen atoms in total. The Balaban J connectivity index is 1.87. The number of imidazole rings is 1. The van der Waals surface area contributed by atoms with Gasteiger partial charge in [-0.1, -0.05) is 4.98 Å². The van der Waals surface area contributed by atoms with Crippen molar-refractivity contribution in [1.82, 2.24) is 14.5 Å². The second kappa shape index (κ2) is 8.09. The van der Waals surface area contributed by atoms with Gasteiger partial charge in [-0.25, -0.2) is 8.88 Å². The molecule has 2 aromatic heterocycles. The van der Waals surface area contributed by atoms with E-state index in [1.165, 1.54) is 22.6 Å². The maximum Gasteiger partial charge on any atom is 0.313 e. The third kappa shape index (κ3) is 4.63. The van der Waals surface area contributed by atoms with Crippen molar-refractivity contribution in [2.45, 2.75) is 24.5 Å². The van der Waals surface area contributed by atoms with Crippen molar-refractivity contribution in [2.75, 3.05) is 19.5 Å². The highest BCUT2D eigenvalue weighted by atomic mass is 31.3. The fourth-order valence-electron chi connectivity index (χ4n) is 3.14. The van der Waals surface area contributed by atoms with Gasteiger partial charge in [0.2, 0.25) is 11.7 Å². The number of ether oxygens (including phenoxy) is 2. The van der Waals surface area contributed by atoms with Crippen LogP contribution in [0.4, 0.5) is 5.95 Å². The van der Waals surface area contributed by atoms with E-state index < -0.39 is 52.4 Å². The fourth-order valence-corrected chi connectivity index (χ4v) is 4.67. The molecule has 1 aliphatic rings. The minimum Gasteiger partial charge on any atom is -0.756 e. The quantitative estimate of drug-likeness (QED) is 0.226. The molecule has 168 valence electrons. The van der Waals surface area contributed by atoms with Gasteiger partial charge in [0.1, 0.15) is 18.3 Å². The van der Waals surface area contributed by atoms with Crippen molar-refractivity contribution >= 4 is 32.8 Å². The smallest absolute Gasteiger partial charge is 0.313 e. The van der Waals surface area contributed by atoms with Crippen molar-refractivity contribution in [3.63, 3.8) is 0 Å². The number of fused-ring (bicyclic) bond motifs is 1. The number of aromatic amines is 1. The molecular formula is C12H18N5O11P2-. The van der Waals surface area contributed by atoms with Crippen LogP contribution in [0.25, 0.3) is 11.2 Å². The van der Waals surface area contributed by atoms with Gasteiger partial charge in [0.15, 0.2) is 6.33 Å². The van der Waals surface area contributed by atoms with Crippen molar-refractivity contribution in [2.24, 2.45) is 7.05 Å². The molecule has 0 bridgehead atoms. The van der Waals surface area contributed by atoms with Crippen LogP contribution in [0.2, 0.25) is 0 Å². The second-order valence-corrected chi connectivity index (χ2v) is 9.05. The Labute approximate surface area is 167 Å². The van der Waals surface area contributed by atoms with Crippen LogP contribution >= 0.6 is 15.6 Å². The van der Waals surface area contributed by atoms with Crippen LogP contribution in [0.3, 0.4) is 0 Å². The van der Waals surface area contributed by atoms with Crippen molar-refractivity contribution < 1.29 is 51.8 Å². The van der Waals surface area contributed by atoms with Gasteiger partial charge in [-0.05, 0) is 0 Å². The molecule has 0 aromatic carbocycles. The molecule has 0 amide bonds. The van der Waals surface area contributed by atoms with Crippen LogP contribution in [-0.4, -0.2) is 56.6 Å². The number of nitrogens with two attached hydrogens (primary N) is 1. The molecule has 1 fully saturated rings. The Morgan fingerprint density at radius 2 is 2.13 bits per heavy atom. The Hall–Kier alpha value is -1.71. The van der Waals surface area contributed by atoms with E-state index in [1.807, 2.05) is 0 Å². The molecule has 6 atom stereocenters. The number of H-pyrrole nitrogens is 1. The van der Waals surface area contributed by atoms with Crippen molar-refractivity contribution in [3.8, 4) is 0 Å². The van der Waals surface area contributed by atoms with Crippen LogP contribution in [0.15, 0.2) is 11.1 Å². The van der Waals surface area contributed by atoms with Crippen molar-refractivity contribution in [1.29, 1.82) is 0 Å². The van der Waals surface area contributed by atoms with Gasteiger partial charge in [0, 0.05) is 7.11 Å². The largest absolute Gasteiger partial charge is 0.756 e. The Morgan fingerprint density at radius 3 is 2.73 bits per heavy atom. The summed E-state index contributed by atoms with van der Waals surface area (Å²) in [4.78, 5) is 49.1. The summed E-state index contributed by atoms with van der Waals surface area (Å²) in [7, 11) is -8.29. The lowest BCUT2D eigenvalue weighted by atomic mass is 10.1. The number of hydrogen-bond donors (Lipinski definition) is 4. The molecule has 3 unspecified atom stereocenters. The number of anilines is 1. The number of nitrogen functional groups attached to an aromatic ring is 1. The van der Waals surface area contributed by atoms with E-state index in [-0.39, 0.29) is 17.1 Å². The highest BCUT2D eigenvalue weighted by Crippen LogP contribution is 2.52. The van der Waals surface area contributed by atoms with Gasteiger partial charge < -0.3 is 39.5 Å². The predicted molar refractivity (Wildman–Crippen MR) is 91.1 cm³/mol. The molecule has 0 spiro atoms. The highest BCUT2D eigenvalue weighted by Gasteiger charge is 2.48. The second-order valence-electron chi connectivity index (χ2n) is 6.31. The lowest BCUT2D eigenvalue weighted by Crippen LogP contribution is -2.46. The highest BCUT2D eigenvalue weighted by molar-refractivity contribution is 7.59. The van der Waals surface area contributed by atoms with Gasteiger partial charge in [-0.3, -0.25) is 23.5 Å². The maximum absolute atomic E-state index is 12.1. The average Bonchev–Trinajstić information content (AvgIpc) is 3.07. The summed E-state index contributed by atoms with van der Waals surface area (Å²) in [6, 6.07) is 0. The van der Waals surface area contributed by atoms with E-state index in [9.17, 15) is 28.8 Å². The zero-order valence-corrected chi connectivity index (χ0v) is 17.3. The van der Waals surface area contributed by atoms with E-state index in [1.54, 1.807) is 7.05 Å². The number of nitrogens with zero attached hydrogens (tertiary/aromatic N) is 3. The van der Waals surface area contributed by atoms with Crippen LogP contribution < -0.4 is 25.6 Å². The zero-order valence-electron chi connectivity index (χ0n) is 15.5. The molecule has 3 rings (SSSR count). The number of rotatable bonds is 7. The normalized spacial score (nSPS) is 28.5. The standard InChI is InChI=1S/C12H19N5O11P2/c1-16-4-17(9-6(16)10(19)15-12(13)14-9)11-7(18)8(25-2)5(27-11)3-26-30(23,24)28-29(20,21)22/h4-5,7-8,11,18H,3H2,1-2H3,(H5-,13,14,15,19,20,21,22,23,24)/p-1/t5-,7+,8?,11-/m1/s1. The van der Waals surface area contributed by atoms with E-state index in [0.29, 0.717) is 0 Å². The lowest BCUT2D eigenvalue weighted by molar-refractivity contribution is -0.745. The Kier molecular flexibility index (Phi) is 6.19. The summed E-state index contributed by atoms with van der Waals surface area (Å²) in [5.41, 5.74) is 5.24. The summed E-state index contributed by atoms with van der Waals surface area (Å²) < 4.78 is 43.5. The van der Waals surface area contributed by atoms with E-state index in [2.05, 4.69) is 18.8 Å². The average molecular weight is 470 g/mol. The Morgan fingerprint density at radius 1 is 1.47 bits per heavy atom. The third-order valence-corrected chi connectivity index (χ3v) is 6.34. The molecule has 0 saturated carbocycles. The van der Waals surface area contributed by atoms with Crippen LogP contribution in [0.1, 0.15) is 6.23 Å². The Bertz CT molecular complexity index is 1100. The summed E-state index contributed by atoms with van der Waals surface area (Å²) in [6.45, 7) is -0.811. The minimum atomic E-state index is -5.61. The number of aromatic nitrogens is 4. The zero-order chi connectivity index (χ0) is 22.4. The summed E-state index contributed by atoms with van der Waals surface area (Å²) in [6.07, 6.45) is -3.51. The van der Waals surface area contributed by atoms with Crippen LogP contribution in [0, 0.1) is 0 Å². The summed E-state index contributed by atoms with van der Waals surface area (Å²) in [5.74, 6) is -0.182. The number of aliphatic hydroxyl groups excluding tert-OH is 1. The predicted octanol–water partition coefficient (Wildman–Crippen LogP) is -3.63. The first-order chi connectivity index (χ1) is 13.8. The number of aryl methyl sites for hydroxylation is 1. The van der Waals surface area contributed by atoms with Gasteiger partial charge in [-0.2, -0.15) is 0 Å². The fraction of sp³-hybridized carbons (Fsp3) is 0.583. The van der Waals surface area contributed by atoms with Crippen LogP contribution in [-0.2, 0) is 34.5 Å². The topological polar surface area (TPSA) is 238 Å². The molecule has 3 heterocycles. The minimum absolute atomic E-state index is 0.0737. The number of methoxy groups -OCH3 is 1. The van der Waals surface area contributed by atoms with Gasteiger partial charge in [0.25, 0.3) is 27.2 Å². The van der Waals surface area contributed by atoms with E-state index in [0.717, 1.165) is 0 Å². The first-order valence-electron chi connectivity index (χ1n) is 8.16. The molecule has 0 radical (unpaired) electrons. The number of phosphoric ester groups is 1. The first-order valence-corrected chi connectivity index (χ1v) is 11.1. The number of hydrogen-bond acceptors (Lipinski definition) is 12. The molecule has 30 heavy (non-hydrogen) atoms.